The summed E-state index contributed by atoms with van der Waals surface area (Å²) in [5, 5.41) is 0. The molecule has 0 bridgehead atoms. The molecule has 0 saturated heterocycles. The second-order valence-electron chi connectivity index (χ2n) is 3.58. The summed E-state index contributed by atoms with van der Waals surface area (Å²) >= 11 is 3.33. The Hall–Kier alpha value is -0.193. The maximum absolute atomic E-state index is 13.3. The third kappa shape index (κ3) is 2.89. The molecule has 0 radical (unpaired) electrons. The van der Waals surface area contributed by atoms with E-state index in [-0.39, 0.29) is 16.8 Å². The van der Waals surface area contributed by atoms with E-state index in [1.807, 2.05) is 27.2 Å². The molecular weight excluding hydrogens is 249 g/mol. The van der Waals surface area contributed by atoms with Crippen LogP contribution in [0.4, 0.5) is 10.1 Å². The Balaban J connectivity index is 0.00000144. The molecule has 13 heavy (non-hydrogen) atoms. The van der Waals surface area contributed by atoms with Gasteiger partial charge in [-0.1, -0.05) is 6.07 Å². The monoisotopic (exact) mass is 264 g/mol. The van der Waals surface area contributed by atoms with E-state index >= 15 is 0 Å². The Kier molecular flexibility index (Phi) is 4.28. The summed E-state index contributed by atoms with van der Waals surface area (Å²) in [6.45, 7) is 0. The van der Waals surface area contributed by atoms with Crippen LogP contribution < -0.4 is 4.48 Å². The topological polar surface area (TPSA) is 0 Å². The number of para-hydroxylation sites is 1. The van der Waals surface area contributed by atoms with Gasteiger partial charge in [-0.3, -0.25) is 4.48 Å². The van der Waals surface area contributed by atoms with Gasteiger partial charge in [0.15, 0.2) is 11.5 Å². The minimum atomic E-state index is -0.170. The molecule has 0 heterocycles. The standard InChI is InChI=1S/C9H12BrFN.H4Si/c1-12(2,3)9-7(10)5-4-6-8(9)11;/h4-6H,1-3H3;1H4/q+1;. The van der Waals surface area contributed by atoms with Crippen LogP contribution in [-0.4, -0.2) is 32.1 Å². The molecule has 0 spiro atoms. The third-order valence-corrected chi connectivity index (χ3v) is 2.25. The van der Waals surface area contributed by atoms with Crippen molar-refractivity contribution in [3.8, 4) is 0 Å². The van der Waals surface area contributed by atoms with Crippen molar-refractivity contribution in [3.63, 3.8) is 0 Å². The molecule has 0 amide bonds. The zero-order valence-electron chi connectivity index (χ0n) is 7.44. The number of rotatable bonds is 1. The maximum atomic E-state index is 13.3. The third-order valence-electron chi connectivity index (χ3n) is 1.61. The van der Waals surface area contributed by atoms with Crippen LogP contribution in [0.15, 0.2) is 22.7 Å². The predicted molar refractivity (Wildman–Crippen MR) is 65.0 cm³/mol. The molecule has 0 aliphatic heterocycles. The van der Waals surface area contributed by atoms with Gasteiger partial charge in [0.05, 0.1) is 25.6 Å². The van der Waals surface area contributed by atoms with E-state index in [0.717, 1.165) is 4.47 Å². The fourth-order valence-electron chi connectivity index (χ4n) is 1.13. The smallest absolute Gasteiger partial charge is 0.185 e. The van der Waals surface area contributed by atoms with E-state index in [2.05, 4.69) is 15.9 Å². The molecular formula is C9H16BrFNSi+. The van der Waals surface area contributed by atoms with Gasteiger partial charge in [0.25, 0.3) is 0 Å². The summed E-state index contributed by atoms with van der Waals surface area (Å²) in [5.41, 5.74) is 0.678. The summed E-state index contributed by atoms with van der Waals surface area (Å²) in [4.78, 5) is 0. The molecule has 0 unspecified atom stereocenters. The van der Waals surface area contributed by atoms with Crippen LogP contribution >= 0.6 is 15.9 Å². The molecule has 0 fully saturated rings. The number of hydrogen-bond donors (Lipinski definition) is 0. The minimum Gasteiger partial charge on any atom is -0.295 e. The van der Waals surface area contributed by atoms with Gasteiger partial charge in [-0.15, -0.1) is 0 Å². The van der Waals surface area contributed by atoms with E-state index < -0.39 is 0 Å². The highest BCUT2D eigenvalue weighted by molar-refractivity contribution is 9.10. The molecule has 0 aliphatic carbocycles. The average molecular weight is 265 g/mol. The first-order valence-corrected chi connectivity index (χ1v) is 4.48. The van der Waals surface area contributed by atoms with E-state index in [0.29, 0.717) is 10.2 Å². The molecule has 0 atom stereocenters. The lowest BCUT2D eigenvalue weighted by Crippen LogP contribution is -2.36. The maximum Gasteiger partial charge on any atom is 0.185 e. The second kappa shape index (κ2) is 4.35. The number of benzene rings is 1. The minimum absolute atomic E-state index is 0. The molecule has 0 N–H and O–H groups in total. The van der Waals surface area contributed by atoms with Gasteiger partial charge in [-0.05, 0) is 39.0 Å². The van der Waals surface area contributed by atoms with Crippen LogP contribution in [0.3, 0.4) is 0 Å². The van der Waals surface area contributed by atoms with E-state index in [1.165, 1.54) is 6.07 Å². The van der Waals surface area contributed by atoms with Gasteiger partial charge in [0.1, 0.15) is 0 Å². The van der Waals surface area contributed by atoms with Crippen molar-refractivity contribution in [2.24, 2.45) is 0 Å². The molecule has 1 aromatic rings. The highest BCUT2D eigenvalue weighted by Gasteiger charge is 2.20. The van der Waals surface area contributed by atoms with Crippen LogP contribution in [-0.2, 0) is 0 Å². The number of nitrogens with zero attached hydrogens (tertiary/aromatic N) is 1. The molecule has 1 nitrogen and oxygen atoms in total. The summed E-state index contributed by atoms with van der Waals surface area (Å²) in [6.07, 6.45) is 0. The van der Waals surface area contributed by atoms with Gasteiger partial charge < -0.3 is 0 Å². The van der Waals surface area contributed by atoms with Gasteiger partial charge >= 0.3 is 0 Å². The van der Waals surface area contributed by atoms with Crippen molar-refractivity contribution < 1.29 is 4.39 Å². The predicted octanol–water partition coefficient (Wildman–Crippen LogP) is 1.33. The Labute approximate surface area is 91.3 Å². The van der Waals surface area contributed by atoms with E-state index in [9.17, 15) is 4.39 Å². The summed E-state index contributed by atoms with van der Waals surface area (Å²) in [5.74, 6) is -0.170. The van der Waals surface area contributed by atoms with Crippen molar-refractivity contribution in [2.75, 3.05) is 21.1 Å². The number of quaternary nitrogens is 1. The van der Waals surface area contributed by atoms with Crippen molar-refractivity contribution in [3.05, 3.63) is 28.5 Å². The Morgan fingerprint density at radius 3 is 2.08 bits per heavy atom. The van der Waals surface area contributed by atoms with Crippen molar-refractivity contribution in [1.29, 1.82) is 0 Å². The van der Waals surface area contributed by atoms with E-state index in [1.54, 1.807) is 6.07 Å². The quantitative estimate of drug-likeness (QED) is 0.531. The van der Waals surface area contributed by atoms with Gasteiger partial charge in [-0.25, -0.2) is 4.39 Å². The Bertz CT molecular complexity index is 276. The first kappa shape index (κ1) is 12.8. The van der Waals surface area contributed by atoms with Crippen LogP contribution in [0.5, 0.6) is 0 Å². The van der Waals surface area contributed by atoms with Crippen molar-refractivity contribution in [1.82, 2.24) is 4.48 Å². The van der Waals surface area contributed by atoms with Crippen molar-refractivity contribution in [2.45, 2.75) is 0 Å². The highest BCUT2D eigenvalue weighted by Crippen LogP contribution is 2.30. The lowest BCUT2D eigenvalue weighted by molar-refractivity contribution is 0.455. The molecule has 0 saturated carbocycles. The SMILES string of the molecule is C[N+](C)(C)c1c(F)cccc1Br.[SiH4]. The molecule has 0 aliphatic rings. The lowest BCUT2D eigenvalue weighted by atomic mass is 10.2. The van der Waals surface area contributed by atoms with Crippen molar-refractivity contribution >= 4 is 32.6 Å². The molecule has 1 rings (SSSR count). The van der Waals surface area contributed by atoms with Gasteiger partial charge in [0.2, 0.25) is 0 Å². The second-order valence-corrected chi connectivity index (χ2v) is 4.44. The van der Waals surface area contributed by atoms with Crippen LogP contribution in [0.2, 0.25) is 0 Å². The molecule has 0 aromatic heterocycles. The normalized spacial score (nSPS) is 10.8. The highest BCUT2D eigenvalue weighted by atomic mass is 79.9. The van der Waals surface area contributed by atoms with E-state index in [4.69, 9.17) is 0 Å². The van der Waals surface area contributed by atoms with Gasteiger partial charge in [-0.2, -0.15) is 0 Å². The van der Waals surface area contributed by atoms with Crippen LogP contribution in [0.25, 0.3) is 0 Å². The fourth-order valence-corrected chi connectivity index (χ4v) is 2.00. The zero-order chi connectivity index (χ0) is 9.35. The average Bonchev–Trinajstić information content (AvgIpc) is 1.82. The fraction of sp³-hybridized carbons (Fsp3) is 0.333. The Morgan fingerprint density at radius 2 is 1.77 bits per heavy atom. The summed E-state index contributed by atoms with van der Waals surface area (Å²) in [7, 11) is 5.80. The summed E-state index contributed by atoms with van der Waals surface area (Å²) < 4.78 is 14.6. The molecule has 1 aromatic carbocycles. The van der Waals surface area contributed by atoms with Gasteiger partial charge in [0, 0.05) is 0 Å². The first-order valence-electron chi connectivity index (χ1n) is 3.69. The number of halogens is 2. The largest absolute Gasteiger partial charge is 0.295 e. The Morgan fingerprint density at radius 1 is 1.23 bits per heavy atom. The summed E-state index contributed by atoms with van der Waals surface area (Å²) in [6, 6.07) is 5.02. The number of hydrogen-bond acceptors (Lipinski definition) is 0. The van der Waals surface area contributed by atoms with Crippen LogP contribution in [0.1, 0.15) is 0 Å². The first-order chi connectivity index (χ1) is 5.43. The van der Waals surface area contributed by atoms with Crippen LogP contribution in [0, 0.1) is 5.82 Å². The zero-order valence-corrected chi connectivity index (χ0v) is 9.02. The molecule has 4 heteroatoms. The molecule has 74 valence electrons. The lowest BCUT2D eigenvalue weighted by Gasteiger charge is -2.24.